The highest BCUT2D eigenvalue weighted by atomic mass is 19.4. The van der Waals surface area contributed by atoms with Gasteiger partial charge >= 0.3 is 6.18 Å². The summed E-state index contributed by atoms with van der Waals surface area (Å²) in [5.74, 6) is -0.635. The summed E-state index contributed by atoms with van der Waals surface area (Å²) >= 11 is 0. The van der Waals surface area contributed by atoms with Gasteiger partial charge in [-0.25, -0.2) is 0 Å². The molecule has 0 saturated carbocycles. The Morgan fingerprint density at radius 3 is 2.49 bits per heavy atom. The van der Waals surface area contributed by atoms with E-state index in [0.717, 1.165) is 67.6 Å². The van der Waals surface area contributed by atoms with Crippen LogP contribution in [-0.4, -0.2) is 60.0 Å². The molecule has 6 rings (SSSR count). The molecule has 5 nitrogen and oxygen atoms in total. The first-order valence-corrected chi connectivity index (χ1v) is 14.7. The van der Waals surface area contributed by atoms with Crippen molar-refractivity contribution in [1.29, 1.82) is 0 Å². The van der Waals surface area contributed by atoms with Gasteiger partial charge in [0.2, 0.25) is 5.91 Å². The van der Waals surface area contributed by atoms with Gasteiger partial charge in [-0.3, -0.25) is 9.59 Å². The van der Waals surface area contributed by atoms with Gasteiger partial charge in [0, 0.05) is 43.1 Å². The van der Waals surface area contributed by atoms with E-state index in [-0.39, 0.29) is 23.8 Å². The number of nitrogens with one attached hydrogen (secondary N) is 1. The zero-order valence-electron chi connectivity index (χ0n) is 23.1. The number of carbonyl (C=O) groups excluding carboxylic acids is 2. The van der Waals surface area contributed by atoms with Crippen LogP contribution in [0.2, 0.25) is 0 Å². The zero-order chi connectivity index (χ0) is 28.6. The van der Waals surface area contributed by atoms with Crippen molar-refractivity contribution >= 4 is 11.8 Å². The summed E-state index contributed by atoms with van der Waals surface area (Å²) < 4.78 is 39.4. The summed E-state index contributed by atoms with van der Waals surface area (Å²) in [5, 5.41) is 2.25. The summed E-state index contributed by atoms with van der Waals surface area (Å²) in [6, 6.07) is 15.8. The normalized spacial score (nSPS) is 25.7. The second-order valence-electron chi connectivity index (χ2n) is 11.8. The van der Waals surface area contributed by atoms with Crippen LogP contribution in [0.3, 0.4) is 0 Å². The van der Waals surface area contributed by atoms with Crippen LogP contribution in [0.5, 0.6) is 0 Å². The molecule has 216 valence electrons. The summed E-state index contributed by atoms with van der Waals surface area (Å²) in [4.78, 5) is 31.0. The predicted molar refractivity (Wildman–Crippen MR) is 151 cm³/mol. The van der Waals surface area contributed by atoms with Gasteiger partial charge in [0.1, 0.15) is 6.54 Å². The number of carbonyl (C=O) groups is 2. The lowest BCUT2D eigenvalue weighted by Crippen LogP contribution is -2.50. The lowest BCUT2D eigenvalue weighted by molar-refractivity contribution is -0.143. The Balaban J connectivity index is 1.09. The van der Waals surface area contributed by atoms with E-state index in [0.29, 0.717) is 13.0 Å². The minimum atomic E-state index is -4.47. The van der Waals surface area contributed by atoms with E-state index in [9.17, 15) is 22.8 Å². The second kappa shape index (κ2) is 11.1. The van der Waals surface area contributed by atoms with Crippen LogP contribution in [0.1, 0.15) is 65.1 Å². The number of piperidine rings is 1. The molecule has 1 fully saturated rings. The molecule has 2 aliphatic carbocycles. The van der Waals surface area contributed by atoms with E-state index in [2.05, 4.69) is 16.3 Å². The molecule has 3 unspecified atom stereocenters. The van der Waals surface area contributed by atoms with E-state index in [1.807, 2.05) is 71.7 Å². The number of hydrogen-bond acceptors (Lipinski definition) is 3. The third kappa shape index (κ3) is 5.23. The number of rotatable bonds is 8. The van der Waals surface area contributed by atoms with E-state index in [1.165, 1.54) is 0 Å². The molecule has 0 radical (unpaired) electrons. The fourth-order valence-corrected chi connectivity index (χ4v) is 7.54. The van der Waals surface area contributed by atoms with E-state index in [4.69, 9.17) is 0 Å². The van der Waals surface area contributed by atoms with Gasteiger partial charge in [0.05, 0.1) is 5.41 Å². The number of allylic oxidation sites excluding steroid dienone is 4. The van der Waals surface area contributed by atoms with Crippen molar-refractivity contribution in [2.45, 2.75) is 62.2 Å². The average Bonchev–Trinajstić information content (AvgIpc) is 3.47. The van der Waals surface area contributed by atoms with E-state index >= 15 is 0 Å². The Morgan fingerprint density at radius 1 is 0.976 bits per heavy atom. The third-order valence-corrected chi connectivity index (χ3v) is 9.50. The van der Waals surface area contributed by atoms with Crippen molar-refractivity contribution in [2.75, 3.05) is 26.2 Å². The summed E-state index contributed by atoms with van der Waals surface area (Å²) in [5.41, 5.74) is 2.77. The lowest BCUT2D eigenvalue weighted by Gasteiger charge is -2.38. The first-order valence-electron chi connectivity index (χ1n) is 14.7. The van der Waals surface area contributed by atoms with Gasteiger partial charge in [-0.15, -0.1) is 0 Å². The molecule has 2 aromatic rings. The number of fused-ring (bicyclic) bond motifs is 4. The van der Waals surface area contributed by atoms with Crippen LogP contribution in [-0.2, 0) is 16.8 Å². The van der Waals surface area contributed by atoms with Gasteiger partial charge < -0.3 is 15.1 Å². The highest BCUT2D eigenvalue weighted by molar-refractivity contribution is 5.98. The quantitative estimate of drug-likeness (QED) is 0.418. The van der Waals surface area contributed by atoms with Crippen molar-refractivity contribution in [3.63, 3.8) is 0 Å². The Bertz CT molecular complexity index is 1360. The van der Waals surface area contributed by atoms with Crippen molar-refractivity contribution in [3.05, 3.63) is 95.1 Å². The monoisotopic (exact) mass is 563 g/mol. The minimum absolute atomic E-state index is 0.0219. The summed E-state index contributed by atoms with van der Waals surface area (Å²) in [6.45, 7) is 2.04. The predicted octanol–water partition coefficient (Wildman–Crippen LogP) is 5.73. The van der Waals surface area contributed by atoms with Crippen LogP contribution >= 0.6 is 0 Å². The number of unbranched alkanes of at least 4 members (excludes halogenated alkanes) is 1. The molecule has 4 aliphatic rings. The lowest BCUT2D eigenvalue weighted by atomic mass is 9.67. The standard InChI is InChI=1S/C33H36F3N3O2/c34-33(35,36)22-37-31(41)32(28-13-5-3-11-26(28)27-12-4-6-14-29(27)32)17-7-8-18-38-19-15-24(16-20-38)39-21-23-9-1-2-10-25(23)30(39)40/h1-6,9-14,24,26,28H,7-8,15-22H2,(H,37,41). The van der Waals surface area contributed by atoms with Crippen molar-refractivity contribution in [1.82, 2.24) is 15.1 Å². The molecule has 1 saturated heterocycles. The number of benzene rings is 2. The molecule has 2 aliphatic heterocycles. The summed E-state index contributed by atoms with van der Waals surface area (Å²) in [6.07, 6.45) is 7.40. The molecule has 0 aromatic heterocycles. The fraction of sp³-hybridized carbons (Fsp3) is 0.455. The molecule has 1 N–H and O–H groups in total. The summed E-state index contributed by atoms with van der Waals surface area (Å²) in [7, 11) is 0. The molecule has 41 heavy (non-hydrogen) atoms. The maximum absolute atomic E-state index is 13.7. The number of halogens is 3. The van der Waals surface area contributed by atoms with E-state index in [1.54, 1.807) is 0 Å². The first-order chi connectivity index (χ1) is 19.8. The topological polar surface area (TPSA) is 52.7 Å². The second-order valence-corrected chi connectivity index (χ2v) is 11.8. The van der Waals surface area contributed by atoms with Gasteiger partial charge in [-0.1, -0.05) is 73.2 Å². The number of amides is 2. The molecule has 0 spiro atoms. The van der Waals surface area contributed by atoms with Crippen LogP contribution in [0, 0.1) is 5.92 Å². The minimum Gasteiger partial charge on any atom is -0.346 e. The van der Waals surface area contributed by atoms with Gasteiger partial charge in [-0.05, 0) is 55.0 Å². The number of nitrogens with zero attached hydrogens (tertiary/aromatic N) is 2. The highest BCUT2D eigenvalue weighted by Gasteiger charge is 2.55. The Hall–Kier alpha value is -3.39. The molecule has 0 bridgehead atoms. The molecule has 8 heteroatoms. The zero-order valence-corrected chi connectivity index (χ0v) is 23.1. The Morgan fingerprint density at radius 2 is 1.71 bits per heavy atom. The third-order valence-electron chi connectivity index (χ3n) is 9.50. The van der Waals surface area contributed by atoms with Gasteiger partial charge in [0.25, 0.3) is 5.91 Å². The number of hydrogen-bond donors (Lipinski definition) is 1. The average molecular weight is 564 g/mol. The van der Waals surface area contributed by atoms with Crippen LogP contribution in [0.25, 0.3) is 0 Å². The van der Waals surface area contributed by atoms with Crippen molar-refractivity contribution in [2.24, 2.45) is 5.92 Å². The van der Waals surface area contributed by atoms with Crippen LogP contribution < -0.4 is 5.32 Å². The van der Waals surface area contributed by atoms with Crippen LogP contribution in [0.15, 0.2) is 72.8 Å². The molecule has 2 aromatic carbocycles. The van der Waals surface area contributed by atoms with Crippen molar-refractivity contribution < 1.29 is 22.8 Å². The molecule has 3 atom stereocenters. The smallest absolute Gasteiger partial charge is 0.346 e. The Labute approximate surface area is 239 Å². The SMILES string of the molecule is O=C1c2ccccc2CN1C1CCN(CCCCC2(C(=O)NCC(F)(F)F)c3ccccc3C3C=CC=CC32)CC1. The fourth-order valence-electron chi connectivity index (χ4n) is 7.54. The Kier molecular flexibility index (Phi) is 7.53. The molecular formula is C33H36F3N3O2. The van der Waals surface area contributed by atoms with Crippen molar-refractivity contribution in [3.8, 4) is 0 Å². The highest BCUT2D eigenvalue weighted by Crippen LogP contribution is 2.55. The van der Waals surface area contributed by atoms with E-state index < -0.39 is 24.0 Å². The largest absolute Gasteiger partial charge is 0.405 e. The molecular weight excluding hydrogens is 527 g/mol. The number of likely N-dealkylation sites (tertiary alicyclic amines) is 1. The van der Waals surface area contributed by atoms with Gasteiger partial charge in [0.15, 0.2) is 0 Å². The van der Waals surface area contributed by atoms with Crippen LogP contribution in [0.4, 0.5) is 13.2 Å². The molecule has 2 amide bonds. The molecule has 2 heterocycles. The maximum atomic E-state index is 13.7. The number of alkyl halides is 3. The maximum Gasteiger partial charge on any atom is 0.405 e. The van der Waals surface area contributed by atoms with Gasteiger partial charge in [-0.2, -0.15) is 13.2 Å². The first kappa shape index (κ1) is 27.8.